The number of aromatic nitrogens is 1. The SMILES string of the molecule is COC(=O)c1ccc(C(=O)N[C@H](C)c2cc3ccccc3o2)nc1. The van der Waals surface area contributed by atoms with Gasteiger partial charge in [0, 0.05) is 11.6 Å². The summed E-state index contributed by atoms with van der Waals surface area (Å²) in [6, 6.07) is 12.2. The van der Waals surface area contributed by atoms with Gasteiger partial charge in [-0.15, -0.1) is 0 Å². The number of nitrogens with zero attached hydrogens (tertiary/aromatic N) is 1. The van der Waals surface area contributed by atoms with Crippen molar-refractivity contribution in [2.75, 3.05) is 7.11 Å². The molecule has 6 nitrogen and oxygen atoms in total. The highest BCUT2D eigenvalue weighted by Gasteiger charge is 2.16. The Morgan fingerprint density at radius 3 is 2.67 bits per heavy atom. The molecule has 6 heteroatoms. The topological polar surface area (TPSA) is 81.4 Å². The van der Waals surface area contributed by atoms with Gasteiger partial charge in [-0.1, -0.05) is 18.2 Å². The zero-order chi connectivity index (χ0) is 17.1. The molecule has 0 aliphatic carbocycles. The van der Waals surface area contributed by atoms with Gasteiger partial charge < -0.3 is 14.5 Å². The van der Waals surface area contributed by atoms with E-state index in [1.807, 2.05) is 37.3 Å². The normalized spacial score (nSPS) is 11.9. The molecule has 3 aromatic rings. The lowest BCUT2D eigenvalue weighted by Crippen LogP contribution is -2.27. The second-order valence-electron chi connectivity index (χ2n) is 5.31. The highest BCUT2D eigenvalue weighted by molar-refractivity contribution is 5.94. The minimum atomic E-state index is -0.495. The van der Waals surface area contributed by atoms with Gasteiger partial charge >= 0.3 is 5.97 Å². The van der Waals surface area contributed by atoms with Crippen LogP contribution in [0.5, 0.6) is 0 Å². The highest BCUT2D eigenvalue weighted by atomic mass is 16.5. The van der Waals surface area contributed by atoms with E-state index in [4.69, 9.17) is 4.42 Å². The molecule has 2 aromatic heterocycles. The zero-order valence-corrected chi connectivity index (χ0v) is 13.3. The van der Waals surface area contributed by atoms with E-state index in [-0.39, 0.29) is 17.6 Å². The molecular weight excluding hydrogens is 308 g/mol. The second-order valence-corrected chi connectivity index (χ2v) is 5.31. The predicted molar refractivity (Wildman–Crippen MR) is 87.7 cm³/mol. The van der Waals surface area contributed by atoms with Crippen molar-refractivity contribution < 1.29 is 18.7 Å². The summed E-state index contributed by atoms with van der Waals surface area (Å²) in [6.45, 7) is 1.83. The smallest absolute Gasteiger partial charge is 0.339 e. The maximum atomic E-state index is 12.3. The van der Waals surface area contributed by atoms with E-state index in [0.717, 1.165) is 11.0 Å². The van der Waals surface area contributed by atoms with Gasteiger partial charge in [-0.25, -0.2) is 4.79 Å². The monoisotopic (exact) mass is 324 g/mol. The number of hydrogen-bond donors (Lipinski definition) is 1. The molecule has 0 aliphatic rings. The molecule has 0 saturated heterocycles. The van der Waals surface area contributed by atoms with Crippen molar-refractivity contribution in [2.24, 2.45) is 0 Å². The first-order valence-corrected chi connectivity index (χ1v) is 7.42. The fourth-order valence-corrected chi connectivity index (χ4v) is 2.32. The van der Waals surface area contributed by atoms with Crippen LogP contribution in [0.15, 0.2) is 53.1 Å². The van der Waals surface area contributed by atoms with Gasteiger partial charge in [0.25, 0.3) is 5.91 Å². The molecule has 0 bridgehead atoms. The van der Waals surface area contributed by atoms with Crippen LogP contribution in [0.4, 0.5) is 0 Å². The van der Waals surface area contributed by atoms with Crippen LogP contribution in [0.25, 0.3) is 11.0 Å². The number of methoxy groups -OCH3 is 1. The molecule has 1 amide bonds. The number of rotatable bonds is 4. The van der Waals surface area contributed by atoms with E-state index < -0.39 is 5.97 Å². The molecule has 2 heterocycles. The molecule has 1 aromatic carbocycles. The van der Waals surface area contributed by atoms with E-state index in [1.54, 1.807) is 0 Å². The van der Waals surface area contributed by atoms with Crippen molar-refractivity contribution in [3.05, 3.63) is 65.7 Å². The molecule has 0 aliphatic heterocycles. The Labute approximate surface area is 138 Å². The van der Waals surface area contributed by atoms with Gasteiger partial charge in [-0.2, -0.15) is 0 Å². The average Bonchev–Trinajstić information content (AvgIpc) is 3.05. The van der Waals surface area contributed by atoms with E-state index in [1.165, 1.54) is 25.4 Å². The van der Waals surface area contributed by atoms with Crippen LogP contribution in [0, 0.1) is 0 Å². The third kappa shape index (κ3) is 3.12. The maximum Gasteiger partial charge on any atom is 0.339 e. The van der Waals surface area contributed by atoms with Crippen molar-refractivity contribution in [1.29, 1.82) is 0 Å². The number of amides is 1. The van der Waals surface area contributed by atoms with Crippen molar-refractivity contribution in [2.45, 2.75) is 13.0 Å². The largest absolute Gasteiger partial charge is 0.465 e. The summed E-state index contributed by atoms with van der Waals surface area (Å²) in [5.74, 6) is -0.180. The Morgan fingerprint density at radius 2 is 2.00 bits per heavy atom. The van der Waals surface area contributed by atoms with Crippen LogP contribution in [0.1, 0.15) is 39.6 Å². The maximum absolute atomic E-state index is 12.3. The van der Waals surface area contributed by atoms with Gasteiger partial charge in [-0.05, 0) is 31.2 Å². The van der Waals surface area contributed by atoms with E-state index in [2.05, 4.69) is 15.0 Å². The van der Waals surface area contributed by atoms with E-state index in [0.29, 0.717) is 11.3 Å². The van der Waals surface area contributed by atoms with Gasteiger partial charge in [0.1, 0.15) is 17.0 Å². The number of carbonyl (C=O) groups is 2. The van der Waals surface area contributed by atoms with Crippen LogP contribution in [-0.4, -0.2) is 24.0 Å². The van der Waals surface area contributed by atoms with Gasteiger partial charge in [0.2, 0.25) is 0 Å². The fourth-order valence-electron chi connectivity index (χ4n) is 2.32. The standard InChI is InChI=1S/C18H16N2O4/c1-11(16-9-12-5-3-4-6-15(12)24-16)20-17(21)14-8-7-13(10-19-14)18(22)23-2/h3-11H,1-2H3,(H,20,21)/t11-/m1/s1. The molecule has 122 valence electrons. The molecule has 0 unspecified atom stereocenters. The molecule has 1 N–H and O–H groups in total. The van der Waals surface area contributed by atoms with Gasteiger partial charge in [0.05, 0.1) is 18.7 Å². The first-order chi connectivity index (χ1) is 11.6. The number of furan rings is 1. The molecule has 1 atom stereocenters. The number of fused-ring (bicyclic) bond motifs is 1. The van der Waals surface area contributed by atoms with Crippen LogP contribution < -0.4 is 5.32 Å². The lowest BCUT2D eigenvalue weighted by molar-refractivity contribution is 0.0599. The Kier molecular flexibility index (Phi) is 4.29. The number of benzene rings is 1. The lowest BCUT2D eigenvalue weighted by atomic mass is 10.2. The Hall–Kier alpha value is -3.15. The Balaban J connectivity index is 1.72. The van der Waals surface area contributed by atoms with Crippen LogP contribution >= 0.6 is 0 Å². The van der Waals surface area contributed by atoms with Crippen molar-refractivity contribution in [3.8, 4) is 0 Å². The first kappa shape index (κ1) is 15.7. The molecule has 0 spiro atoms. The number of esters is 1. The summed E-state index contributed by atoms with van der Waals surface area (Å²) in [4.78, 5) is 27.6. The summed E-state index contributed by atoms with van der Waals surface area (Å²) < 4.78 is 10.3. The van der Waals surface area contributed by atoms with Gasteiger partial charge in [-0.3, -0.25) is 9.78 Å². The second kappa shape index (κ2) is 6.54. The summed E-state index contributed by atoms with van der Waals surface area (Å²) >= 11 is 0. The van der Waals surface area contributed by atoms with Crippen molar-refractivity contribution in [1.82, 2.24) is 10.3 Å². The minimum absolute atomic E-state index is 0.214. The highest BCUT2D eigenvalue weighted by Crippen LogP contribution is 2.23. The molecule has 3 rings (SSSR count). The number of nitrogens with one attached hydrogen (secondary N) is 1. The van der Waals surface area contributed by atoms with E-state index >= 15 is 0 Å². The fraction of sp³-hybridized carbons (Fsp3) is 0.167. The minimum Gasteiger partial charge on any atom is -0.465 e. The number of para-hydroxylation sites is 1. The molecule has 0 fully saturated rings. The molecule has 0 saturated carbocycles. The molecular formula is C18H16N2O4. The summed E-state index contributed by atoms with van der Waals surface area (Å²) in [5.41, 5.74) is 1.28. The van der Waals surface area contributed by atoms with Crippen molar-refractivity contribution >= 4 is 22.8 Å². The Bertz CT molecular complexity index is 850. The van der Waals surface area contributed by atoms with E-state index in [9.17, 15) is 9.59 Å². The number of hydrogen-bond acceptors (Lipinski definition) is 5. The summed E-state index contributed by atoms with van der Waals surface area (Å²) in [6.07, 6.45) is 1.31. The lowest BCUT2D eigenvalue weighted by Gasteiger charge is -2.11. The number of pyridine rings is 1. The van der Waals surface area contributed by atoms with Crippen LogP contribution in [0.3, 0.4) is 0 Å². The molecule has 0 radical (unpaired) electrons. The predicted octanol–water partition coefficient (Wildman–Crippen LogP) is 3.11. The number of ether oxygens (including phenoxy) is 1. The Morgan fingerprint density at radius 1 is 1.21 bits per heavy atom. The third-order valence-electron chi connectivity index (χ3n) is 3.64. The van der Waals surface area contributed by atoms with Crippen LogP contribution in [0.2, 0.25) is 0 Å². The zero-order valence-electron chi connectivity index (χ0n) is 13.3. The van der Waals surface area contributed by atoms with Crippen LogP contribution in [-0.2, 0) is 4.74 Å². The summed E-state index contributed by atoms with van der Waals surface area (Å²) in [5, 5.41) is 3.81. The quantitative estimate of drug-likeness (QED) is 0.746. The third-order valence-corrected chi connectivity index (χ3v) is 3.64. The average molecular weight is 324 g/mol. The molecule has 24 heavy (non-hydrogen) atoms. The first-order valence-electron chi connectivity index (χ1n) is 7.42. The van der Waals surface area contributed by atoms with Crippen molar-refractivity contribution in [3.63, 3.8) is 0 Å². The number of carbonyl (C=O) groups excluding carboxylic acids is 2. The summed E-state index contributed by atoms with van der Waals surface area (Å²) in [7, 11) is 1.29. The van der Waals surface area contributed by atoms with Gasteiger partial charge in [0.15, 0.2) is 0 Å².